The van der Waals surface area contributed by atoms with Crippen LogP contribution < -0.4 is 0 Å². The Bertz CT molecular complexity index is 687. The van der Waals surface area contributed by atoms with Gasteiger partial charge in [0.05, 0.1) is 0 Å². The number of nitrogens with zero attached hydrogens (tertiary/aromatic N) is 4. The summed E-state index contributed by atoms with van der Waals surface area (Å²) >= 11 is 0. The van der Waals surface area contributed by atoms with Crippen molar-refractivity contribution in [2.45, 2.75) is 6.10 Å². The Labute approximate surface area is 104 Å². The van der Waals surface area contributed by atoms with Crippen molar-refractivity contribution in [3.63, 3.8) is 0 Å². The van der Waals surface area contributed by atoms with E-state index in [0.717, 1.165) is 16.3 Å². The van der Waals surface area contributed by atoms with Gasteiger partial charge in [-0.2, -0.15) is 5.10 Å². The zero-order valence-electron chi connectivity index (χ0n) is 9.85. The summed E-state index contributed by atoms with van der Waals surface area (Å²) in [6.07, 6.45) is 4.05. The molecule has 1 N–H and O–H groups in total. The minimum absolute atomic E-state index is 0.508. The first kappa shape index (κ1) is 10.9. The summed E-state index contributed by atoms with van der Waals surface area (Å²) in [5, 5.41) is 16.3. The zero-order chi connectivity index (χ0) is 12.5. The Morgan fingerprint density at radius 1 is 1.22 bits per heavy atom. The van der Waals surface area contributed by atoms with E-state index in [0.29, 0.717) is 5.82 Å². The van der Waals surface area contributed by atoms with E-state index in [-0.39, 0.29) is 0 Å². The molecule has 2 heterocycles. The maximum absolute atomic E-state index is 10.4. The van der Waals surface area contributed by atoms with E-state index >= 15 is 0 Å². The highest BCUT2D eigenvalue weighted by atomic mass is 16.3. The van der Waals surface area contributed by atoms with Crippen LogP contribution >= 0.6 is 0 Å². The number of aromatic nitrogens is 4. The van der Waals surface area contributed by atoms with Crippen LogP contribution in [0.4, 0.5) is 0 Å². The number of rotatable bonds is 2. The first-order valence-corrected chi connectivity index (χ1v) is 5.62. The maximum Gasteiger partial charge on any atom is 0.160 e. The number of fused-ring (bicyclic) bond motifs is 1. The van der Waals surface area contributed by atoms with E-state index in [1.807, 2.05) is 24.3 Å². The highest BCUT2D eigenvalue weighted by molar-refractivity contribution is 5.85. The van der Waals surface area contributed by atoms with Gasteiger partial charge in [0.15, 0.2) is 5.82 Å². The second kappa shape index (κ2) is 4.19. The molecule has 1 atom stereocenters. The molecule has 2 aromatic heterocycles. The highest BCUT2D eigenvalue weighted by Crippen LogP contribution is 2.26. The van der Waals surface area contributed by atoms with Gasteiger partial charge >= 0.3 is 0 Å². The Morgan fingerprint density at radius 2 is 2.06 bits per heavy atom. The molecule has 0 amide bonds. The van der Waals surface area contributed by atoms with Gasteiger partial charge in [0.2, 0.25) is 0 Å². The summed E-state index contributed by atoms with van der Waals surface area (Å²) in [4.78, 5) is 8.23. The highest BCUT2D eigenvalue weighted by Gasteiger charge is 2.18. The third kappa shape index (κ3) is 1.65. The standard InChI is InChI=1S/C13H12N4O/c1-17-13(15-8-16-17)12(18)11-7-14-6-9-4-2-3-5-10(9)11/h2-8,12,18H,1H3. The van der Waals surface area contributed by atoms with Crippen LogP contribution in [-0.2, 0) is 7.05 Å². The molecule has 0 bridgehead atoms. The molecule has 0 saturated carbocycles. The number of aliphatic hydroxyl groups excluding tert-OH is 1. The van der Waals surface area contributed by atoms with E-state index < -0.39 is 6.10 Å². The number of hydrogen-bond acceptors (Lipinski definition) is 4. The third-order valence-corrected chi connectivity index (χ3v) is 2.98. The predicted octanol–water partition coefficient (Wildman–Crippen LogP) is 1.44. The molecular formula is C13H12N4O. The van der Waals surface area contributed by atoms with Crippen LogP contribution in [0.1, 0.15) is 17.5 Å². The third-order valence-electron chi connectivity index (χ3n) is 2.98. The maximum atomic E-state index is 10.4. The molecule has 0 aliphatic rings. The zero-order valence-corrected chi connectivity index (χ0v) is 9.85. The fourth-order valence-electron chi connectivity index (χ4n) is 2.05. The summed E-state index contributed by atoms with van der Waals surface area (Å²) in [7, 11) is 1.75. The summed E-state index contributed by atoms with van der Waals surface area (Å²) in [6.45, 7) is 0. The lowest BCUT2D eigenvalue weighted by Crippen LogP contribution is -2.08. The van der Waals surface area contributed by atoms with Gasteiger partial charge in [-0.25, -0.2) is 4.98 Å². The monoisotopic (exact) mass is 240 g/mol. The van der Waals surface area contributed by atoms with Gasteiger partial charge in [-0.15, -0.1) is 0 Å². The Kier molecular flexibility index (Phi) is 2.53. The lowest BCUT2D eigenvalue weighted by atomic mass is 10.0. The average molecular weight is 240 g/mol. The SMILES string of the molecule is Cn1ncnc1C(O)c1cncc2ccccc12. The molecule has 5 heteroatoms. The molecule has 5 nitrogen and oxygen atoms in total. The summed E-state index contributed by atoms with van der Waals surface area (Å²) < 4.78 is 1.56. The lowest BCUT2D eigenvalue weighted by molar-refractivity contribution is 0.206. The molecule has 1 unspecified atom stereocenters. The van der Waals surface area contributed by atoms with Gasteiger partial charge in [0, 0.05) is 30.4 Å². The molecule has 90 valence electrons. The van der Waals surface area contributed by atoms with E-state index in [1.165, 1.54) is 6.33 Å². The van der Waals surface area contributed by atoms with E-state index in [1.54, 1.807) is 24.1 Å². The van der Waals surface area contributed by atoms with Gasteiger partial charge in [0.1, 0.15) is 12.4 Å². The van der Waals surface area contributed by atoms with Crippen molar-refractivity contribution in [2.24, 2.45) is 7.05 Å². The van der Waals surface area contributed by atoms with Gasteiger partial charge in [0.25, 0.3) is 0 Å². The fraction of sp³-hybridized carbons (Fsp3) is 0.154. The van der Waals surface area contributed by atoms with Crippen LogP contribution in [0.2, 0.25) is 0 Å². The number of aryl methyl sites for hydroxylation is 1. The quantitative estimate of drug-likeness (QED) is 0.736. The van der Waals surface area contributed by atoms with Crippen LogP contribution in [0, 0.1) is 0 Å². The van der Waals surface area contributed by atoms with Gasteiger partial charge in [-0.3, -0.25) is 9.67 Å². The normalized spacial score (nSPS) is 12.8. The minimum Gasteiger partial charge on any atom is -0.380 e. The van der Waals surface area contributed by atoms with Crippen molar-refractivity contribution < 1.29 is 5.11 Å². The topological polar surface area (TPSA) is 63.8 Å². The summed E-state index contributed by atoms with van der Waals surface area (Å²) in [5.41, 5.74) is 0.740. The Hall–Kier alpha value is -2.27. The second-order valence-corrected chi connectivity index (χ2v) is 4.09. The van der Waals surface area contributed by atoms with Gasteiger partial charge < -0.3 is 5.11 Å². The average Bonchev–Trinajstić information content (AvgIpc) is 2.83. The van der Waals surface area contributed by atoms with Crippen molar-refractivity contribution in [1.29, 1.82) is 0 Å². The number of hydrogen-bond donors (Lipinski definition) is 1. The molecule has 0 saturated heterocycles. The van der Waals surface area contributed by atoms with Crippen LogP contribution in [0.15, 0.2) is 43.0 Å². The van der Waals surface area contributed by atoms with Crippen LogP contribution in [-0.4, -0.2) is 24.9 Å². The van der Waals surface area contributed by atoms with Crippen molar-refractivity contribution in [1.82, 2.24) is 19.7 Å². The molecule has 3 rings (SSSR count). The number of pyridine rings is 1. The molecule has 0 spiro atoms. The van der Waals surface area contributed by atoms with E-state index in [9.17, 15) is 5.11 Å². The second-order valence-electron chi connectivity index (χ2n) is 4.09. The van der Waals surface area contributed by atoms with Gasteiger partial charge in [-0.05, 0) is 5.39 Å². The van der Waals surface area contributed by atoms with E-state index in [2.05, 4.69) is 15.1 Å². The molecule has 3 aromatic rings. The lowest BCUT2D eigenvalue weighted by Gasteiger charge is -2.12. The number of aliphatic hydroxyl groups is 1. The molecule has 0 radical (unpaired) electrons. The first-order chi connectivity index (χ1) is 8.77. The van der Waals surface area contributed by atoms with Crippen molar-refractivity contribution >= 4 is 10.8 Å². The molecule has 0 aliphatic heterocycles. The van der Waals surface area contributed by atoms with Crippen LogP contribution in [0.3, 0.4) is 0 Å². The minimum atomic E-state index is -0.823. The molecular weight excluding hydrogens is 228 g/mol. The molecule has 0 aliphatic carbocycles. The summed E-state index contributed by atoms with van der Waals surface area (Å²) in [5.74, 6) is 0.508. The number of benzene rings is 1. The molecule has 18 heavy (non-hydrogen) atoms. The largest absolute Gasteiger partial charge is 0.380 e. The van der Waals surface area contributed by atoms with Crippen molar-refractivity contribution in [2.75, 3.05) is 0 Å². The Balaban J connectivity index is 2.18. The summed E-state index contributed by atoms with van der Waals surface area (Å²) in [6, 6.07) is 7.82. The van der Waals surface area contributed by atoms with Crippen molar-refractivity contribution in [3.8, 4) is 0 Å². The van der Waals surface area contributed by atoms with Gasteiger partial charge in [-0.1, -0.05) is 24.3 Å². The van der Waals surface area contributed by atoms with Crippen LogP contribution in [0.25, 0.3) is 10.8 Å². The molecule has 0 fully saturated rings. The predicted molar refractivity (Wildman–Crippen MR) is 66.8 cm³/mol. The smallest absolute Gasteiger partial charge is 0.160 e. The van der Waals surface area contributed by atoms with Crippen molar-refractivity contribution in [3.05, 3.63) is 54.4 Å². The Morgan fingerprint density at radius 3 is 2.83 bits per heavy atom. The molecule has 1 aromatic carbocycles. The van der Waals surface area contributed by atoms with E-state index in [4.69, 9.17) is 0 Å². The van der Waals surface area contributed by atoms with Crippen LogP contribution in [0.5, 0.6) is 0 Å². The first-order valence-electron chi connectivity index (χ1n) is 5.62. The fourth-order valence-corrected chi connectivity index (χ4v) is 2.05.